The van der Waals surface area contributed by atoms with Crippen molar-refractivity contribution in [3.05, 3.63) is 29.3 Å². The van der Waals surface area contributed by atoms with E-state index in [9.17, 15) is 0 Å². The SMILES string of the molecule is COc1cccc2c1CC(C(=N)N)CC2. The molecule has 0 fully saturated rings. The van der Waals surface area contributed by atoms with E-state index in [0.717, 1.165) is 25.0 Å². The van der Waals surface area contributed by atoms with Crippen LogP contribution in [-0.2, 0) is 12.8 Å². The number of aryl methyl sites for hydroxylation is 1. The van der Waals surface area contributed by atoms with Crippen LogP contribution in [0.5, 0.6) is 5.75 Å². The van der Waals surface area contributed by atoms with Crippen molar-refractivity contribution in [2.75, 3.05) is 7.11 Å². The highest BCUT2D eigenvalue weighted by Crippen LogP contribution is 2.31. The van der Waals surface area contributed by atoms with Gasteiger partial charge in [-0.05, 0) is 36.5 Å². The lowest BCUT2D eigenvalue weighted by Gasteiger charge is -2.25. The third-order valence-corrected chi connectivity index (χ3v) is 3.10. The lowest BCUT2D eigenvalue weighted by molar-refractivity contribution is 0.403. The number of benzene rings is 1. The van der Waals surface area contributed by atoms with Crippen molar-refractivity contribution < 1.29 is 4.74 Å². The molecule has 0 bridgehead atoms. The van der Waals surface area contributed by atoms with E-state index >= 15 is 0 Å². The topological polar surface area (TPSA) is 59.1 Å². The average Bonchev–Trinajstić information content (AvgIpc) is 2.27. The standard InChI is InChI=1S/C12H16N2O/c1-15-11-4-2-3-8-5-6-9(12(13)14)7-10(8)11/h2-4,9H,5-7H2,1H3,(H3,13,14). The van der Waals surface area contributed by atoms with Gasteiger partial charge in [0.25, 0.3) is 0 Å². The Morgan fingerprint density at radius 1 is 1.53 bits per heavy atom. The lowest BCUT2D eigenvalue weighted by atomic mass is 9.83. The summed E-state index contributed by atoms with van der Waals surface area (Å²) < 4.78 is 5.33. The van der Waals surface area contributed by atoms with Gasteiger partial charge in [0.2, 0.25) is 0 Å². The molecule has 0 radical (unpaired) electrons. The van der Waals surface area contributed by atoms with Gasteiger partial charge in [0, 0.05) is 5.92 Å². The molecular formula is C12H16N2O. The van der Waals surface area contributed by atoms with Gasteiger partial charge in [-0.15, -0.1) is 0 Å². The average molecular weight is 204 g/mol. The van der Waals surface area contributed by atoms with Crippen molar-refractivity contribution in [1.29, 1.82) is 5.41 Å². The van der Waals surface area contributed by atoms with E-state index in [0.29, 0.717) is 5.84 Å². The van der Waals surface area contributed by atoms with Gasteiger partial charge in [0.05, 0.1) is 12.9 Å². The van der Waals surface area contributed by atoms with Gasteiger partial charge in [-0.2, -0.15) is 0 Å². The highest BCUT2D eigenvalue weighted by Gasteiger charge is 2.22. The van der Waals surface area contributed by atoms with Crippen LogP contribution in [0.3, 0.4) is 0 Å². The molecule has 0 aliphatic heterocycles. The Labute approximate surface area is 89.8 Å². The normalized spacial score (nSPS) is 19.4. The van der Waals surface area contributed by atoms with Crippen LogP contribution in [0.25, 0.3) is 0 Å². The van der Waals surface area contributed by atoms with E-state index in [-0.39, 0.29) is 5.92 Å². The van der Waals surface area contributed by atoms with E-state index in [4.69, 9.17) is 15.9 Å². The molecule has 1 aliphatic carbocycles. The summed E-state index contributed by atoms with van der Waals surface area (Å²) in [5, 5.41) is 7.49. The van der Waals surface area contributed by atoms with Gasteiger partial charge in [0.15, 0.2) is 0 Å². The zero-order chi connectivity index (χ0) is 10.8. The maximum atomic E-state index is 7.49. The summed E-state index contributed by atoms with van der Waals surface area (Å²) in [4.78, 5) is 0. The van der Waals surface area contributed by atoms with Crippen molar-refractivity contribution >= 4 is 5.84 Å². The molecule has 0 amide bonds. The number of nitrogens with one attached hydrogen (secondary N) is 1. The number of fused-ring (bicyclic) bond motifs is 1. The Hall–Kier alpha value is -1.51. The van der Waals surface area contributed by atoms with Crippen LogP contribution in [0.2, 0.25) is 0 Å². The van der Waals surface area contributed by atoms with E-state index in [2.05, 4.69) is 6.07 Å². The molecule has 80 valence electrons. The molecule has 1 aromatic rings. The summed E-state index contributed by atoms with van der Waals surface area (Å²) in [5.41, 5.74) is 8.13. The number of nitrogens with two attached hydrogens (primary N) is 1. The maximum Gasteiger partial charge on any atom is 0.122 e. The molecule has 3 N–H and O–H groups in total. The highest BCUT2D eigenvalue weighted by molar-refractivity contribution is 5.80. The van der Waals surface area contributed by atoms with Crippen LogP contribution < -0.4 is 10.5 Å². The van der Waals surface area contributed by atoms with Crippen molar-refractivity contribution in [1.82, 2.24) is 0 Å². The number of hydrogen-bond acceptors (Lipinski definition) is 2. The first-order chi connectivity index (χ1) is 7.22. The zero-order valence-electron chi connectivity index (χ0n) is 8.92. The molecule has 1 aromatic carbocycles. The van der Waals surface area contributed by atoms with Crippen LogP contribution in [0.4, 0.5) is 0 Å². The Balaban J connectivity index is 2.34. The predicted octanol–water partition coefficient (Wildman–Crippen LogP) is 1.74. The zero-order valence-corrected chi connectivity index (χ0v) is 8.92. The lowest BCUT2D eigenvalue weighted by Crippen LogP contribution is -2.28. The maximum absolute atomic E-state index is 7.49. The fourth-order valence-corrected chi connectivity index (χ4v) is 2.21. The number of ether oxygens (including phenoxy) is 1. The van der Waals surface area contributed by atoms with Crippen LogP contribution in [0.1, 0.15) is 17.5 Å². The summed E-state index contributed by atoms with van der Waals surface area (Å²) in [6, 6.07) is 6.13. The Bertz CT molecular complexity index is 373. The Morgan fingerprint density at radius 3 is 3.00 bits per heavy atom. The number of amidine groups is 1. The van der Waals surface area contributed by atoms with Gasteiger partial charge in [-0.3, -0.25) is 5.41 Å². The fourth-order valence-electron chi connectivity index (χ4n) is 2.21. The number of methoxy groups -OCH3 is 1. The number of hydrogen-bond donors (Lipinski definition) is 2. The molecule has 3 nitrogen and oxygen atoms in total. The second-order valence-corrected chi connectivity index (χ2v) is 3.99. The first-order valence-electron chi connectivity index (χ1n) is 5.21. The predicted molar refractivity (Wildman–Crippen MR) is 60.4 cm³/mol. The quantitative estimate of drug-likeness (QED) is 0.569. The molecule has 3 heteroatoms. The summed E-state index contributed by atoms with van der Waals surface area (Å²) in [7, 11) is 1.69. The first kappa shape index (κ1) is 10.0. The molecule has 0 saturated heterocycles. The van der Waals surface area contributed by atoms with Gasteiger partial charge >= 0.3 is 0 Å². The molecule has 2 rings (SSSR count). The van der Waals surface area contributed by atoms with Crippen LogP contribution >= 0.6 is 0 Å². The van der Waals surface area contributed by atoms with Crippen molar-refractivity contribution in [3.63, 3.8) is 0 Å². The molecule has 1 aliphatic rings. The summed E-state index contributed by atoms with van der Waals surface area (Å²) >= 11 is 0. The van der Waals surface area contributed by atoms with E-state index in [1.807, 2.05) is 12.1 Å². The van der Waals surface area contributed by atoms with Crippen LogP contribution in [-0.4, -0.2) is 12.9 Å². The van der Waals surface area contributed by atoms with Crippen molar-refractivity contribution in [2.45, 2.75) is 19.3 Å². The molecule has 0 saturated carbocycles. The van der Waals surface area contributed by atoms with Gasteiger partial charge in [-0.1, -0.05) is 12.1 Å². The third kappa shape index (κ3) is 1.82. The third-order valence-electron chi connectivity index (χ3n) is 3.10. The Morgan fingerprint density at radius 2 is 2.33 bits per heavy atom. The minimum Gasteiger partial charge on any atom is -0.496 e. The van der Waals surface area contributed by atoms with Gasteiger partial charge in [0.1, 0.15) is 5.75 Å². The second-order valence-electron chi connectivity index (χ2n) is 3.99. The summed E-state index contributed by atoms with van der Waals surface area (Å²) in [6.45, 7) is 0. The molecule has 0 aromatic heterocycles. The molecule has 0 heterocycles. The Kier molecular flexibility index (Phi) is 2.62. The summed E-state index contributed by atoms with van der Waals surface area (Å²) in [5.74, 6) is 1.42. The van der Waals surface area contributed by atoms with Gasteiger partial charge in [-0.25, -0.2) is 0 Å². The highest BCUT2D eigenvalue weighted by atomic mass is 16.5. The smallest absolute Gasteiger partial charge is 0.122 e. The molecule has 1 unspecified atom stereocenters. The van der Waals surface area contributed by atoms with E-state index in [1.54, 1.807) is 7.11 Å². The fraction of sp³-hybridized carbons (Fsp3) is 0.417. The van der Waals surface area contributed by atoms with Crippen LogP contribution in [0, 0.1) is 11.3 Å². The molecular weight excluding hydrogens is 188 g/mol. The first-order valence-corrected chi connectivity index (χ1v) is 5.21. The largest absolute Gasteiger partial charge is 0.496 e. The van der Waals surface area contributed by atoms with Crippen molar-refractivity contribution in [2.24, 2.45) is 11.7 Å². The molecule has 0 spiro atoms. The molecule has 1 atom stereocenters. The number of rotatable bonds is 2. The monoisotopic (exact) mass is 204 g/mol. The van der Waals surface area contributed by atoms with Crippen LogP contribution in [0.15, 0.2) is 18.2 Å². The van der Waals surface area contributed by atoms with Crippen molar-refractivity contribution in [3.8, 4) is 5.75 Å². The minimum absolute atomic E-state index is 0.189. The van der Waals surface area contributed by atoms with E-state index in [1.165, 1.54) is 11.1 Å². The summed E-state index contributed by atoms with van der Waals surface area (Å²) in [6.07, 6.45) is 2.82. The van der Waals surface area contributed by atoms with E-state index < -0.39 is 0 Å². The minimum atomic E-state index is 0.189. The molecule has 15 heavy (non-hydrogen) atoms. The second kappa shape index (κ2) is 3.93. The van der Waals surface area contributed by atoms with Gasteiger partial charge < -0.3 is 10.5 Å².